The number of nitrogens with zero attached hydrogens (tertiary/aromatic N) is 2. The van der Waals surface area contributed by atoms with Gasteiger partial charge in [-0.3, -0.25) is 9.59 Å². The third-order valence-electron chi connectivity index (χ3n) is 8.64. The van der Waals surface area contributed by atoms with Crippen LogP contribution in [0.1, 0.15) is 47.9 Å². The van der Waals surface area contributed by atoms with Crippen molar-refractivity contribution >= 4 is 11.8 Å². The van der Waals surface area contributed by atoms with Gasteiger partial charge in [0, 0.05) is 52.6 Å². The molecule has 0 saturated carbocycles. The number of hydrogen-bond donors (Lipinski definition) is 0. The molecule has 8 nitrogen and oxygen atoms in total. The number of hydrogen-bond acceptors (Lipinski definition) is 6. The highest BCUT2D eigenvalue weighted by Gasteiger charge is 2.32. The number of carbonyl (C=O) groups is 2. The molecule has 8 heteroatoms. The molecule has 1 fully saturated rings. The van der Waals surface area contributed by atoms with Crippen LogP contribution >= 0.6 is 0 Å². The molecule has 0 aromatic heterocycles. The minimum absolute atomic E-state index is 0.0603. The van der Waals surface area contributed by atoms with Crippen LogP contribution in [-0.2, 0) is 54.7 Å². The second kappa shape index (κ2) is 21.0. The molecule has 0 unspecified atom stereocenters. The fourth-order valence-corrected chi connectivity index (χ4v) is 5.99. The van der Waals surface area contributed by atoms with Crippen molar-refractivity contribution in [3.8, 4) is 0 Å². The summed E-state index contributed by atoms with van der Waals surface area (Å²) < 4.78 is 24.4. The largest absolute Gasteiger partial charge is 0.379 e. The molecule has 0 bridgehead atoms. The summed E-state index contributed by atoms with van der Waals surface area (Å²) in [5, 5.41) is 0. The highest BCUT2D eigenvalue weighted by molar-refractivity contribution is 5.78. The van der Waals surface area contributed by atoms with Gasteiger partial charge in [0.2, 0.25) is 11.8 Å². The number of amides is 2. The van der Waals surface area contributed by atoms with Crippen LogP contribution in [0.15, 0.2) is 121 Å². The van der Waals surface area contributed by atoms with E-state index in [4.69, 9.17) is 18.9 Å². The van der Waals surface area contributed by atoms with Crippen molar-refractivity contribution in [2.45, 2.75) is 64.1 Å². The maximum Gasteiger partial charge on any atom is 0.225 e. The zero-order valence-corrected chi connectivity index (χ0v) is 28.9. The lowest BCUT2D eigenvalue weighted by Crippen LogP contribution is -2.42. The monoisotopic (exact) mass is 678 g/mol. The smallest absolute Gasteiger partial charge is 0.225 e. The van der Waals surface area contributed by atoms with E-state index in [0.717, 1.165) is 22.3 Å². The Morgan fingerprint density at radius 2 is 0.740 bits per heavy atom. The molecule has 0 aliphatic carbocycles. The third kappa shape index (κ3) is 12.8. The van der Waals surface area contributed by atoms with Crippen molar-refractivity contribution in [1.82, 2.24) is 9.80 Å². The average molecular weight is 679 g/mol. The van der Waals surface area contributed by atoms with Crippen LogP contribution < -0.4 is 0 Å². The SMILES string of the molecule is O=C(C[C@@H]1OCCCOCCOCCCO[C@H]1CC(=O)N(Cc1ccccc1)Cc1ccccc1)N(Cc1ccccc1)Cc1ccccc1. The van der Waals surface area contributed by atoms with Crippen LogP contribution in [0.25, 0.3) is 0 Å². The third-order valence-corrected chi connectivity index (χ3v) is 8.64. The minimum atomic E-state index is -0.639. The average Bonchev–Trinajstić information content (AvgIpc) is 3.15. The first-order valence-electron chi connectivity index (χ1n) is 17.7. The summed E-state index contributed by atoms with van der Waals surface area (Å²) in [6.07, 6.45) is 0.173. The number of rotatable bonds is 12. The molecule has 4 aromatic carbocycles. The van der Waals surface area contributed by atoms with Crippen molar-refractivity contribution in [2.24, 2.45) is 0 Å². The van der Waals surface area contributed by atoms with Crippen LogP contribution in [0.5, 0.6) is 0 Å². The fourth-order valence-electron chi connectivity index (χ4n) is 5.99. The molecule has 50 heavy (non-hydrogen) atoms. The van der Waals surface area contributed by atoms with Crippen molar-refractivity contribution < 1.29 is 28.5 Å². The van der Waals surface area contributed by atoms with E-state index < -0.39 is 12.2 Å². The van der Waals surface area contributed by atoms with Gasteiger partial charge in [0.05, 0.1) is 38.3 Å². The fraction of sp³-hybridized carbons (Fsp3) is 0.381. The summed E-state index contributed by atoms with van der Waals surface area (Å²) in [4.78, 5) is 32.3. The van der Waals surface area contributed by atoms with E-state index in [2.05, 4.69) is 0 Å². The molecule has 0 spiro atoms. The first-order valence-corrected chi connectivity index (χ1v) is 17.7. The van der Waals surface area contributed by atoms with Gasteiger partial charge in [-0.25, -0.2) is 0 Å². The lowest BCUT2D eigenvalue weighted by Gasteiger charge is -2.32. The van der Waals surface area contributed by atoms with E-state index in [1.165, 1.54) is 0 Å². The molecule has 2 amide bonds. The number of carbonyl (C=O) groups excluding carboxylic acids is 2. The van der Waals surface area contributed by atoms with E-state index >= 15 is 0 Å². The first kappa shape index (κ1) is 36.9. The predicted molar refractivity (Wildman–Crippen MR) is 194 cm³/mol. The molecule has 1 heterocycles. The van der Waals surface area contributed by atoms with Crippen molar-refractivity contribution in [2.75, 3.05) is 39.6 Å². The van der Waals surface area contributed by atoms with Gasteiger partial charge < -0.3 is 28.7 Å². The van der Waals surface area contributed by atoms with Crippen LogP contribution in [0.2, 0.25) is 0 Å². The molecule has 1 aliphatic rings. The second-order valence-electron chi connectivity index (χ2n) is 12.6. The zero-order valence-electron chi connectivity index (χ0n) is 28.9. The van der Waals surface area contributed by atoms with Gasteiger partial charge in [0.1, 0.15) is 0 Å². The highest BCUT2D eigenvalue weighted by atomic mass is 16.5. The summed E-state index contributed by atoms with van der Waals surface area (Å²) in [6.45, 7) is 4.66. The van der Waals surface area contributed by atoms with E-state index in [9.17, 15) is 9.59 Å². The Morgan fingerprint density at radius 1 is 0.440 bits per heavy atom. The minimum Gasteiger partial charge on any atom is -0.379 e. The maximum atomic E-state index is 14.3. The van der Waals surface area contributed by atoms with E-state index in [1.807, 2.05) is 131 Å². The molecule has 0 N–H and O–H groups in total. The van der Waals surface area contributed by atoms with Gasteiger partial charge in [-0.1, -0.05) is 121 Å². The Bertz CT molecular complexity index is 1320. The lowest BCUT2D eigenvalue weighted by atomic mass is 10.0. The molecule has 1 saturated heterocycles. The lowest BCUT2D eigenvalue weighted by molar-refractivity contribution is -0.148. The van der Waals surface area contributed by atoms with Crippen LogP contribution in [0.3, 0.4) is 0 Å². The summed E-state index contributed by atoms with van der Waals surface area (Å²) in [5.41, 5.74) is 4.17. The highest BCUT2D eigenvalue weighted by Crippen LogP contribution is 2.21. The normalized spacial score (nSPS) is 17.7. The molecule has 1 aliphatic heterocycles. The molecule has 0 radical (unpaired) electrons. The number of ether oxygens (including phenoxy) is 4. The molecular formula is C42H50N2O6. The second-order valence-corrected chi connectivity index (χ2v) is 12.6. The van der Waals surface area contributed by atoms with Gasteiger partial charge in [-0.15, -0.1) is 0 Å². The van der Waals surface area contributed by atoms with Crippen molar-refractivity contribution in [1.29, 1.82) is 0 Å². The summed E-state index contributed by atoms with van der Waals surface area (Å²) >= 11 is 0. The topological polar surface area (TPSA) is 77.5 Å². The van der Waals surface area contributed by atoms with E-state index in [-0.39, 0.29) is 24.7 Å². The van der Waals surface area contributed by atoms with E-state index in [0.29, 0.717) is 78.7 Å². The summed E-state index contributed by atoms with van der Waals surface area (Å²) in [5.74, 6) is -0.121. The Morgan fingerprint density at radius 3 is 1.04 bits per heavy atom. The Hall–Kier alpha value is -4.34. The molecule has 264 valence electrons. The van der Waals surface area contributed by atoms with Gasteiger partial charge in [-0.05, 0) is 35.1 Å². The standard InChI is InChI=1S/C42H50N2O6/c45-41(43(31-35-15-5-1-6-16-35)32-36-17-7-2-8-18-36)29-39-40(50-26-14-24-48-28-27-47-23-13-25-49-39)30-42(46)44(33-37-19-9-3-10-20-37)34-38-21-11-4-12-22-38/h1-12,15-22,39-40H,13-14,23-34H2/t39-,40-/m0/s1. The van der Waals surface area contributed by atoms with Crippen LogP contribution in [0, 0.1) is 0 Å². The molecule has 4 aromatic rings. The van der Waals surface area contributed by atoms with Gasteiger partial charge >= 0.3 is 0 Å². The maximum absolute atomic E-state index is 14.3. The van der Waals surface area contributed by atoms with Gasteiger partial charge in [0.15, 0.2) is 0 Å². The molecular weight excluding hydrogens is 628 g/mol. The van der Waals surface area contributed by atoms with E-state index in [1.54, 1.807) is 0 Å². The van der Waals surface area contributed by atoms with Crippen LogP contribution in [0.4, 0.5) is 0 Å². The first-order chi connectivity index (χ1) is 24.6. The van der Waals surface area contributed by atoms with Crippen LogP contribution in [-0.4, -0.2) is 73.5 Å². The van der Waals surface area contributed by atoms with Gasteiger partial charge in [0.25, 0.3) is 0 Å². The predicted octanol–water partition coefficient (Wildman–Crippen LogP) is 6.82. The van der Waals surface area contributed by atoms with Crippen molar-refractivity contribution in [3.05, 3.63) is 144 Å². The number of benzene rings is 4. The quantitative estimate of drug-likeness (QED) is 0.164. The Labute approximate surface area is 296 Å². The Kier molecular flexibility index (Phi) is 15.5. The molecule has 2 atom stereocenters. The van der Waals surface area contributed by atoms with Crippen molar-refractivity contribution in [3.63, 3.8) is 0 Å². The zero-order chi connectivity index (χ0) is 34.6. The van der Waals surface area contributed by atoms with Gasteiger partial charge in [-0.2, -0.15) is 0 Å². The summed E-state index contributed by atoms with van der Waals surface area (Å²) in [7, 11) is 0. The molecule has 5 rings (SSSR count). The summed E-state index contributed by atoms with van der Waals surface area (Å²) in [6, 6.07) is 40.0. The Balaban J connectivity index is 1.38.